The Morgan fingerprint density at radius 1 is 0.929 bits per heavy atom. The summed E-state index contributed by atoms with van der Waals surface area (Å²) in [6.07, 6.45) is 6.74. The SMILES string of the molecule is CC.CC.c1cc2ncncc2cn1. The van der Waals surface area contributed by atoms with E-state index >= 15 is 0 Å². The molecule has 2 heterocycles. The van der Waals surface area contributed by atoms with Crippen molar-refractivity contribution in [1.82, 2.24) is 15.0 Å². The van der Waals surface area contributed by atoms with Gasteiger partial charge >= 0.3 is 0 Å². The molecule has 0 fully saturated rings. The molecule has 0 bridgehead atoms. The molecule has 14 heavy (non-hydrogen) atoms. The molecule has 0 N–H and O–H groups in total. The van der Waals surface area contributed by atoms with Crippen LogP contribution in [0.3, 0.4) is 0 Å². The van der Waals surface area contributed by atoms with Gasteiger partial charge in [0.25, 0.3) is 0 Å². The molecular weight excluding hydrogens is 174 g/mol. The van der Waals surface area contributed by atoms with Gasteiger partial charge in [0, 0.05) is 24.0 Å². The molecule has 0 aliphatic heterocycles. The number of fused-ring (bicyclic) bond motifs is 1. The molecule has 2 rings (SSSR count). The zero-order valence-corrected chi connectivity index (χ0v) is 9.23. The molecule has 0 amide bonds. The van der Waals surface area contributed by atoms with Crippen LogP contribution in [0, 0.1) is 0 Å². The van der Waals surface area contributed by atoms with E-state index in [1.54, 1.807) is 18.6 Å². The van der Waals surface area contributed by atoms with Crippen molar-refractivity contribution in [3.05, 3.63) is 31.0 Å². The summed E-state index contributed by atoms with van der Waals surface area (Å²) in [5.74, 6) is 0. The quantitative estimate of drug-likeness (QED) is 0.642. The molecule has 0 unspecified atom stereocenters. The molecule has 76 valence electrons. The third kappa shape index (κ3) is 3.47. The van der Waals surface area contributed by atoms with Gasteiger partial charge in [-0.3, -0.25) is 4.98 Å². The van der Waals surface area contributed by atoms with Gasteiger partial charge in [-0.2, -0.15) is 0 Å². The molecule has 0 saturated heterocycles. The third-order valence-electron chi connectivity index (χ3n) is 1.30. The van der Waals surface area contributed by atoms with Gasteiger partial charge in [-0.05, 0) is 6.07 Å². The minimum Gasteiger partial charge on any atom is -0.264 e. The highest BCUT2D eigenvalue weighted by Crippen LogP contribution is 2.04. The number of pyridine rings is 1. The molecule has 0 saturated carbocycles. The largest absolute Gasteiger partial charge is 0.264 e. The lowest BCUT2D eigenvalue weighted by Crippen LogP contribution is -1.80. The zero-order chi connectivity index (χ0) is 10.8. The van der Waals surface area contributed by atoms with Gasteiger partial charge in [0.15, 0.2) is 0 Å². The van der Waals surface area contributed by atoms with Crippen LogP contribution >= 0.6 is 0 Å². The Morgan fingerprint density at radius 2 is 1.57 bits per heavy atom. The molecule has 0 aliphatic rings. The number of hydrogen-bond donors (Lipinski definition) is 0. The Kier molecular flexibility index (Phi) is 7.23. The molecule has 3 nitrogen and oxygen atoms in total. The van der Waals surface area contributed by atoms with Crippen LogP contribution in [0.2, 0.25) is 0 Å². The van der Waals surface area contributed by atoms with E-state index in [1.165, 1.54) is 6.33 Å². The van der Waals surface area contributed by atoms with Crippen molar-refractivity contribution < 1.29 is 0 Å². The van der Waals surface area contributed by atoms with E-state index < -0.39 is 0 Å². The van der Waals surface area contributed by atoms with Gasteiger partial charge < -0.3 is 0 Å². The van der Waals surface area contributed by atoms with E-state index in [9.17, 15) is 0 Å². The minimum absolute atomic E-state index is 0.935. The average Bonchev–Trinajstić information content (AvgIpc) is 2.34. The van der Waals surface area contributed by atoms with Gasteiger partial charge in [-0.1, -0.05) is 27.7 Å². The number of rotatable bonds is 0. The van der Waals surface area contributed by atoms with Gasteiger partial charge in [-0.15, -0.1) is 0 Å². The fourth-order valence-corrected chi connectivity index (χ4v) is 0.826. The predicted octanol–water partition coefficient (Wildman–Crippen LogP) is 3.08. The summed E-state index contributed by atoms with van der Waals surface area (Å²) in [5, 5.41) is 0.977. The Labute approximate surface area is 85.2 Å². The lowest BCUT2D eigenvalue weighted by atomic mass is 10.3. The second kappa shape index (κ2) is 8.10. The van der Waals surface area contributed by atoms with E-state index in [0.717, 1.165) is 10.9 Å². The molecule has 0 radical (unpaired) electrons. The van der Waals surface area contributed by atoms with E-state index in [-0.39, 0.29) is 0 Å². The number of aromatic nitrogens is 3. The van der Waals surface area contributed by atoms with Crippen LogP contribution in [0.4, 0.5) is 0 Å². The van der Waals surface area contributed by atoms with Crippen molar-refractivity contribution in [3.63, 3.8) is 0 Å². The van der Waals surface area contributed by atoms with Crippen molar-refractivity contribution >= 4 is 10.9 Å². The maximum absolute atomic E-state index is 4.03. The molecule has 0 atom stereocenters. The van der Waals surface area contributed by atoms with E-state index in [2.05, 4.69) is 15.0 Å². The Morgan fingerprint density at radius 3 is 2.21 bits per heavy atom. The molecule has 2 aromatic rings. The fourth-order valence-electron chi connectivity index (χ4n) is 0.826. The molecule has 0 aromatic carbocycles. The van der Waals surface area contributed by atoms with E-state index in [4.69, 9.17) is 0 Å². The summed E-state index contributed by atoms with van der Waals surface area (Å²) < 4.78 is 0. The van der Waals surface area contributed by atoms with Crippen LogP contribution in [0.5, 0.6) is 0 Å². The van der Waals surface area contributed by atoms with Crippen molar-refractivity contribution in [1.29, 1.82) is 0 Å². The summed E-state index contributed by atoms with van der Waals surface area (Å²) in [6.45, 7) is 8.00. The maximum Gasteiger partial charge on any atom is 0.116 e. The molecule has 0 spiro atoms. The minimum atomic E-state index is 0.935. The third-order valence-corrected chi connectivity index (χ3v) is 1.30. The van der Waals surface area contributed by atoms with Crippen LogP contribution in [0.25, 0.3) is 10.9 Å². The van der Waals surface area contributed by atoms with E-state index in [1.807, 2.05) is 33.8 Å². The topological polar surface area (TPSA) is 38.7 Å². The monoisotopic (exact) mass is 191 g/mol. The standard InChI is InChI=1S/C7H5N3.2C2H6/c1-2-8-3-6-4-9-5-10-7(1)6;2*1-2/h1-5H;2*1-2H3. The van der Waals surface area contributed by atoms with Gasteiger partial charge in [0.2, 0.25) is 0 Å². The highest BCUT2D eigenvalue weighted by Gasteiger charge is 1.88. The molecule has 3 heteroatoms. The van der Waals surface area contributed by atoms with Crippen LogP contribution in [-0.2, 0) is 0 Å². The lowest BCUT2D eigenvalue weighted by Gasteiger charge is -1.90. The first-order valence-electron chi connectivity index (χ1n) is 4.96. The predicted molar refractivity (Wildman–Crippen MR) is 60.0 cm³/mol. The second-order valence-electron chi connectivity index (χ2n) is 1.96. The molecule has 2 aromatic heterocycles. The van der Waals surface area contributed by atoms with E-state index in [0.29, 0.717) is 0 Å². The first-order valence-corrected chi connectivity index (χ1v) is 4.96. The Hall–Kier alpha value is -1.51. The van der Waals surface area contributed by atoms with Gasteiger partial charge in [0.1, 0.15) is 6.33 Å². The average molecular weight is 191 g/mol. The summed E-state index contributed by atoms with van der Waals surface area (Å²) in [5.41, 5.74) is 0.935. The highest BCUT2D eigenvalue weighted by molar-refractivity contribution is 5.75. The van der Waals surface area contributed by atoms with Gasteiger partial charge in [0.05, 0.1) is 5.52 Å². The summed E-state index contributed by atoms with van der Waals surface area (Å²) >= 11 is 0. The smallest absolute Gasteiger partial charge is 0.116 e. The summed E-state index contributed by atoms with van der Waals surface area (Å²) in [7, 11) is 0. The normalized spacial score (nSPS) is 8.00. The van der Waals surface area contributed by atoms with Crippen molar-refractivity contribution in [2.75, 3.05) is 0 Å². The Balaban J connectivity index is 0.000000379. The van der Waals surface area contributed by atoms with Crippen molar-refractivity contribution in [2.24, 2.45) is 0 Å². The van der Waals surface area contributed by atoms with Crippen LogP contribution in [0.15, 0.2) is 31.0 Å². The Bertz CT molecular complexity index is 282. The van der Waals surface area contributed by atoms with Crippen molar-refractivity contribution in [3.8, 4) is 0 Å². The van der Waals surface area contributed by atoms with Crippen LogP contribution in [0.1, 0.15) is 27.7 Å². The van der Waals surface area contributed by atoms with Crippen LogP contribution in [-0.4, -0.2) is 15.0 Å². The number of nitrogens with zero attached hydrogens (tertiary/aromatic N) is 3. The maximum atomic E-state index is 4.03. The van der Waals surface area contributed by atoms with Crippen LogP contribution < -0.4 is 0 Å². The first-order chi connectivity index (χ1) is 6.97. The molecular formula is C11H17N3. The zero-order valence-electron chi connectivity index (χ0n) is 9.23. The van der Waals surface area contributed by atoms with Gasteiger partial charge in [-0.25, -0.2) is 9.97 Å². The summed E-state index contributed by atoms with van der Waals surface area (Å²) in [4.78, 5) is 11.8. The van der Waals surface area contributed by atoms with Crippen molar-refractivity contribution in [2.45, 2.75) is 27.7 Å². The lowest BCUT2D eigenvalue weighted by molar-refractivity contribution is 1.21. The number of hydrogen-bond acceptors (Lipinski definition) is 3. The highest BCUT2D eigenvalue weighted by atomic mass is 14.8. The molecule has 0 aliphatic carbocycles. The fraction of sp³-hybridized carbons (Fsp3) is 0.364. The first kappa shape index (κ1) is 12.5. The summed E-state index contributed by atoms with van der Waals surface area (Å²) in [6, 6.07) is 1.86. The second-order valence-corrected chi connectivity index (χ2v) is 1.96.